The van der Waals surface area contributed by atoms with Crippen molar-refractivity contribution in [3.8, 4) is 0 Å². The van der Waals surface area contributed by atoms with E-state index in [1.54, 1.807) is 0 Å². The Morgan fingerprint density at radius 2 is 2.00 bits per heavy atom. The van der Waals surface area contributed by atoms with Gasteiger partial charge in [0.25, 0.3) is 0 Å². The molecule has 2 N–H and O–H groups in total. The summed E-state index contributed by atoms with van der Waals surface area (Å²) < 4.78 is 31.9. The van der Waals surface area contributed by atoms with Crippen LogP contribution in [0.5, 0.6) is 0 Å². The first-order chi connectivity index (χ1) is 8.00. The molecule has 0 aliphatic carbocycles. The van der Waals surface area contributed by atoms with Gasteiger partial charge in [0.1, 0.15) is 0 Å². The van der Waals surface area contributed by atoms with E-state index in [0.29, 0.717) is 31.9 Å². The van der Waals surface area contributed by atoms with E-state index in [1.807, 2.05) is 13.8 Å². The Morgan fingerprint density at radius 1 is 1.35 bits per heavy atom. The van der Waals surface area contributed by atoms with Crippen LogP contribution in [0.4, 0.5) is 5.82 Å². The molecule has 1 saturated heterocycles. The number of sulfonamides is 1. The first kappa shape index (κ1) is 12.4. The third-order valence-electron chi connectivity index (χ3n) is 3.10. The Morgan fingerprint density at radius 3 is 2.53 bits per heavy atom. The van der Waals surface area contributed by atoms with E-state index in [4.69, 9.17) is 4.74 Å². The molecule has 6 nitrogen and oxygen atoms in total. The van der Waals surface area contributed by atoms with E-state index in [2.05, 4.69) is 14.9 Å². The van der Waals surface area contributed by atoms with Gasteiger partial charge in [-0.2, -0.15) is 5.10 Å². The third-order valence-corrected chi connectivity index (χ3v) is 4.93. The van der Waals surface area contributed by atoms with Crippen LogP contribution in [0.2, 0.25) is 0 Å². The van der Waals surface area contributed by atoms with E-state index in [-0.39, 0.29) is 5.25 Å². The van der Waals surface area contributed by atoms with Gasteiger partial charge in [0.05, 0.1) is 5.25 Å². The Kier molecular flexibility index (Phi) is 3.39. The smallest absolute Gasteiger partial charge is 0.236 e. The van der Waals surface area contributed by atoms with E-state index in [1.165, 1.54) is 0 Å². The minimum Gasteiger partial charge on any atom is -0.381 e. The molecule has 1 aliphatic rings. The molecule has 0 saturated carbocycles. The van der Waals surface area contributed by atoms with Crippen molar-refractivity contribution in [2.75, 3.05) is 17.9 Å². The van der Waals surface area contributed by atoms with Crippen molar-refractivity contribution >= 4 is 15.8 Å². The molecule has 0 aromatic carbocycles. The maximum atomic E-state index is 12.1. The summed E-state index contributed by atoms with van der Waals surface area (Å²) in [7, 11) is -3.36. The minimum absolute atomic E-state index is 0.382. The van der Waals surface area contributed by atoms with Crippen LogP contribution in [0.1, 0.15) is 24.1 Å². The van der Waals surface area contributed by atoms with E-state index in [0.717, 1.165) is 11.3 Å². The van der Waals surface area contributed by atoms with Crippen molar-refractivity contribution in [3.63, 3.8) is 0 Å². The van der Waals surface area contributed by atoms with Crippen LogP contribution in [0.15, 0.2) is 0 Å². The molecule has 96 valence electrons. The standard InChI is InChI=1S/C10H17N3O3S/c1-7-8(2)11-12-10(7)13-17(14,15)9-3-5-16-6-4-9/h9H,3-6H2,1-2H3,(H2,11,12,13). The molecule has 0 unspecified atom stereocenters. The second-order valence-electron chi connectivity index (χ2n) is 4.28. The Bertz CT molecular complexity index is 489. The number of aryl methyl sites for hydroxylation is 1. The van der Waals surface area contributed by atoms with Crippen LogP contribution in [0.25, 0.3) is 0 Å². The molecule has 2 rings (SSSR count). The number of rotatable bonds is 3. The topological polar surface area (TPSA) is 84.1 Å². The number of H-pyrrole nitrogens is 1. The Labute approximate surface area is 101 Å². The highest BCUT2D eigenvalue weighted by Crippen LogP contribution is 2.21. The van der Waals surface area contributed by atoms with Crippen molar-refractivity contribution in [1.82, 2.24) is 10.2 Å². The fourth-order valence-corrected chi connectivity index (χ4v) is 3.24. The van der Waals surface area contributed by atoms with Crippen LogP contribution in [0, 0.1) is 13.8 Å². The molecule has 1 fully saturated rings. The lowest BCUT2D eigenvalue weighted by molar-refractivity contribution is 0.0984. The number of hydrogen-bond donors (Lipinski definition) is 2. The summed E-state index contributed by atoms with van der Waals surface area (Å²) in [6.45, 7) is 4.70. The van der Waals surface area contributed by atoms with E-state index >= 15 is 0 Å². The summed E-state index contributed by atoms with van der Waals surface area (Å²) in [6, 6.07) is 0. The van der Waals surface area contributed by atoms with Gasteiger partial charge in [-0.25, -0.2) is 8.42 Å². The number of nitrogens with one attached hydrogen (secondary N) is 2. The molecule has 0 radical (unpaired) electrons. The zero-order valence-electron chi connectivity index (χ0n) is 9.99. The average molecular weight is 259 g/mol. The molecule has 2 heterocycles. The maximum Gasteiger partial charge on any atom is 0.236 e. The SMILES string of the molecule is Cc1[nH]nc(NS(=O)(=O)C2CCOCC2)c1C. The summed E-state index contributed by atoms with van der Waals surface area (Å²) in [4.78, 5) is 0. The summed E-state index contributed by atoms with van der Waals surface area (Å²) >= 11 is 0. The molecule has 0 amide bonds. The van der Waals surface area contributed by atoms with Gasteiger partial charge in [-0.1, -0.05) is 0 Å². The van der Waals surface area contributed by atoms with Crippen LogP contribution in [0.3, 0.4) is 0 Å². The van der Waals surface area contributed by atoms with E-state index in [9.17, 15) is 8.42 Å². The van der Waals surface area contributed by atoms with Crippen molar-refractivity contribution in [2.24, 2.45) is 0 Å². The Balaban J connectivity index is 2.14. The largest absolute Gasteiger partial charge is 0.381 e. The van der Waals surface area contributed by atoms with Gasteiger partial charge in [-0.3, -0.25) is 9.82 Å². The zero-order chi connectivity index (χ0) is 12.5. The number of anilines is 1. The monoisotopic (exact) mass is 259 g/mol. The van der Waals surface area contributed by atoms with Gasteiger partial charge in [-0.05, 0) is 26.7 Å². The lowest BCUT2D eigenvalue weighted by Crippen LogP contribution is -2.33. The molecule has 0 atom stereocenters. The fraction of sp³-hybridized carbons (Fsp3) is 0.700. The van der Waals surface area contributed by atoms with Crippen LogP contribution in [-0.2, 0) is 14.8 Å². The molecule has 1 aromatic rings. The predicted molar refractivity (Wildman–Crippen MR) is 64.4 cm³/mol. The highest BCUT2D eigenvalue weighted by Gasteiger charge is 2.28. The number of ether oxygens (including phenoxy) is 1. The molecular formula is C10H17N3O3S. The predicted octanol–water partition coefficient (Wildman–Crippen LogP) is 0.947. The Hall–Kier alpha value is -1.08. The summed E-state index contributed by atoms with van der Waals surface area (Å²) in [5.41, 5.74) is 1.70. The maximum absolute atomic E-state index is 12.1. The van der Waals surface area contributed by atoms with Crippen LogP contribution < -0.4 is 4.72 Å². The quantitative estimate of drug-likeness (QED) is 0.846. The second-order valence-corrected chi connectivity index (χ2v) is 6.24. The molecule has 17 heavy (non-hydrogen) atoms. The molecular weight excluding hydrogens is 242 g/mol. The van der Waals surface area contributed by atoms with Crippen LogP contribution in [-0.4, -0.2) is 37.1 Å². The first-order valence-corrected chi connectivity index (χ1v) is 7.16. The van der Waals surface area contributed by atoms with Gasteiger partial charge < -0.3 is 4.74 Å². The van der Waals surface area contributed by atoms with Gasteiger partial charge in [-0.15, -0.1) is 0 Å². The van der Waals surface area contributed by atoms with Crippen molar-refractivity contribution in [2.45, 2.75) is 31.9 Å². The molecule has 0 bridgehead atoms. The number of aromatic amines is 1. The highest BCUT2D eigenvalue weighted by molar-refractivity contribution is 7.93. The van der Waals surface area contributed by atoms with Crippen molar-refractivity contribution < 1.29 is 13.2 Å². The van der Waals surface area contributed by atoms with Crippen LogP contribution >= 0.6 is 0 Å². The van der Waals surface area contributed by atoms with Crippen molar-refractivity contribution in [3.05, 3.63) is 11.3 Å². The van der Waals surface area contributed by atoms with Gasteiger partial charge in [0.2, 0.25) is 10.0 Å². The van der Waals surface area contributed by atoms with Gasteiger partial charge in [0.15, 0.2) is 5.82 Å². The lowest BCUT2D eigenvalue weighted by atomic mass is 10.2. The lowest BCUT2D eigenvalue weighted by Gasteiger charge is -2.22. The van der Waals surface area contributed by atoms with Crippen molar-refractivity contribution in [1.29, 1.82) is 0 Å². The summed E-state index contributed by atoms with van der Waals surface area (Å²) in [6.07, 6.45) is 1.08. The van der Waals surface area contributed by atoms with E-state index < -0.39 is 10.0 Å². The molecule has 1 aromatic heterocycles. The fourth-order valence-electron chi connectivity index (χ4n) is 1.79. The number of nitrogens with zero attached hydrogens (tertiary/aromatic N) is 1. The van der Waals surface area contributed by atoms with Gasteiger partial charge >= 0.3 is 0 Å². The number of aromatic nitrogens is 2. The normalized spacial score (nSPS) is 18.2. The summed E-state index contributed by atoms with van der Waals surface area (Å²) in [5, 5.41) is 6.33. The molecule has 0 spiro atoms. The second kappa shape index (κ2) is 4.66. The zero-order valence-corrected chi connectivity index (χ0v) is 10.8. The minimum atomic E-state index is -3.36. The highest BCUT2D eigenvalue weighted by atomic mass is 32.2. The third kappa shape index (κ3) is 2.61. The summed E-state index contributed by atoms with van der Waals surface area (Å²) in [5.74, 6) is 0.397. The van der Waals surface area contributed by atoms with Gasteiger partial charge in [0, 0.05) is 24.5 Å². The first-order valence-electron chi connectivity index (χ1n) is 5.61. The average Bonchev–Trinajstić information content (AvgIpc) is 2.62. The number of hydrogen-bond acceptors (Lipinski definition) is 4. The molecule has 7 heteroatoms. The molecule has 1 aliphatic heterocycles.